The predicted octanol–water partition coefficient (Wildman–Crippen LogP) is 2.65. The number of hydrogen-bond donors (Lipinski definition) is 2. The summed E-state index contributed by atoms with van der Waals surface area (Å²) in [6.07, 6.45) is 3.47. The van der Waals surface area contributed by atoms with E-state index >= 15 is 0 Å². The van der Waals surface area contributed by atoms with Crippen molar-refractivity contribution in [3.63, 3.8) is 0 Å². The van der Waals surface area contributed by atoms with E-state index in [9.17, 15) is 14.3 Å². The van der Waals surface area contributed by atoms with Gasteiger partial charge >= 0.3 is 5.97 Å². The van der Waals surface area contributed by atoms with Crippen molar-refractivity contribution in [3.8, 4) is 0 Å². The molecule has 6 nitrogen and oxygen atoms in total. The molecule has 0 saturated carbocycles. The number of nitrogens with zero attached hydrogens (tertiary/aromatic N) is 3. The Labute approximate surface area is 156 Å². The minimum atomic E-state index is -0.890. The molecule has 2 N–H and O–H groups in total. The molecule has 0 bridgehead atoms. The molecule has 140 valence electrons. The molecule has 0 spiro atoms. The van der Waals surface area contributed by atoms with Crippen LogP contribution in [0.3, 0.4) is 0 Å². The number of carboxylic acid groups (broad SMARTS) is 1. The zero-order chi connectivity index (χ0) is 18.8. The molecule has 4 rings (SSSR count). The van der Waals surface area contributed by atoms with Crippen LogP contribution in [0.5, 0.6) is 0 Å². The number of benzene rings is 1. The quantitative estimate of drug-likeness (QED) is 0.724. The Morgan fingerprint density at radius 1 is 1.22 bits per heavy atom. The molecule has 3 heterocycles. The molecular weight excluding hydrogens is 347 g/mol. The zero-order valence-corrected chi connectivity index (χ0v) is 14.8. The van der Waals surface area contributed by atoms with Crippen molar-refractivity contribution in [2.45, 2.75) is 12.6 Å². The van der Waals surface area contributed by atoms with E-state index in [0.29, 0.717) is 24.2 Å². The number of pyridine rings is 1. The molecule has 1 saturated heterocycles. The normalized spacial score (nSPS) is 17.2. The average Bonchev–Trinajstić information content (AvgIpc) is 3.06. The number of hydrogen-bond acceptors (Lipinski definition) is 4. The third kappa shape index (κ3) is 3.70. The first kappa shape index (κ1) is 17.6. The number of aromatic amines is 1. The minimum absolute atomic E-state index is 0.342. The molecule has 1 aliphatic heterocycles. The SMILES string of the molecule is O=C(O)[C@H](c1c[nH]c2cc(F)ccc12)N1CCN(Cc2ccccn2)CC1. The summed E-state index contributed by atoms with van der Waals surface area (Å²) in [7, 11) is 0. The molecule has 0 unspecified atom stereocenters. The Bertz CT molecular complexity index is 936. The lowest BCUT2D eigenvalue weighted by molar-refractivity contribution is -0.144. The lowest BCUT2D eigenvalue weighted by atomic mass is 10.0. The Hall–Kier alpha value is -2.77. The van der Waals surface area contributed by atoms with Gasteiger partial charge in [-0.3, -0.25) is 19.6 Å². The van der Waals surface area contributed by atoms with Gasteiger partial charge in [-0.2, -0.15) is 0 Å². The molecule has 1 aliphatic rings. The Kier molecular flexibility index (Phi) is 4.87. The molecule has 1 atom stereocenters. The van der Waals surface area contributed by atoms with E-state index in [1.807, 2.05) is 23.1 Å². The molecule has 1 aromatic carbocycles. The van der Waals surface area contributed by atoms with Gasteiger partial charge < -0.3 is 10.1 Å². The van der Waals surface area contributed by atoms with E-state index in [1.165, 1.54) is 12.1 Å². The van der Waals surface area contributed by atoms with Crippen LogP contribution in [-0.4, -0.2) is 57.0 Å². The van der Waals surface area contributed by atoms with E-state index in [0.717, 1.165) is 30.7 Å². The zero-order valence-electron chi connectivity index (χ0n) is 14.8. The van der Waals surface area contributed by atoms with E-state index in [4.69, 9.17) is 0 Å². The van der Waals surface area contributed by atoms with Gasteiger partial charge in [-0.15, -0.1) is 0 Å². The molecule has 0 amide bonds. The van der Waals surface area contributed by atoms with E-state index in [2.05, 4.69) is 14.9 Å². The summed E-state index contributed by atoms with van der Waals surface area (Å²) in [5, 5.41) is 10.6. The number of carbonyl (C=O) groups is 1. The van der Waals surface area contributed by atoms with Gasteiger partial charge in [-0.25, -0.2) is 4.39 Å². The average molecular weight is 368 g/mol. The second-order valence-corrected chi connectivity index (χ2v) is 6.81. The van der Waals surface area contributed by atoms with Crippen molar-refractivity contribution in [2.75, 3.05) is 26.2 Å². The number of nitrogens with one attached hydrogen (secondary N) is 1. The number of aliphatic carboxylic acids is 1. The number of rotatable bonds is 5. The molecule has 3 aromatic rings. The molecule has 0 aliphatic carbocycles. The predicted molar refractivity (Wildman–Crippen MR) is 99.7 cm³/mol. The number of halogens is 1. The van der Waals surface area contributed by atoms with Crippen LogP contribution in [0.1, 0.15) is 17.3 Å². The smallest absolute Gasteiger partial charge is 0.325 e. The second kappa shape index (κ2) is 7.46. The van der Waals surface area contributed by atoms with Crippen LogP contribution in [-0.2, 0) is 11.3 Å². The van der Waals surface area contributed by atoms with Gasteiger partial charge in [0.15, 0.2) is 0 Å². The van der Waals surface area contributed by atoms with Crippen molar-refractivity contribution in [1.82, 2.24) is 19.8 Å². The topological polar surface area (TPSA) is 72.5 Å². The van der Waals surface area contributed by atoms with E-state index in [-0.39, 0.29) is 5.82 Å². The summed E-state index contributed by atoms with van der Waals surface area (Å²) >= 11 is 0. The van der Waals surface area contributed by atoms with Gasteiger partial charge in [-0.1, -0.05) is 6.07 Å². The monoisotopic (exact) mass is 368 g/mol. The molecule has 2 aromatic heterocycles. The van der Waals surface area contributed by atoms with Gasteiger partial charge in [0.25, 0.3) is 0 Å². The first-order valence-corrected chi connectivity index (χ1v) is 8.97. The van der Waals surface area contributed by atoms with Gasteiger partial charge in [0.05, 0.1) is 5.69 Å². The molecule has 7 heteroatoms. The Morgan fingerprint density at radius 3 is 2.74 bits per heavy atom. The van der Waals surface area contributed by atoms with Crippen molar-refractivity contribution < 1.29 is 14.3 Å². The van der Waals surface area contributed by atoms with Crippen molar-refractivity contribution in [3.05, 3.63) is 65.9 Å². The third-order valence-corrected chi connectivity index (χ3v) is 5.09. The summed E-state index contributed by atoms with van der Waals surface area (Å²) in [4.78, 5) is 23.6. The summed E-state index contributed by atoms with van der Waals surface area (Å²) in [5.41, 5.74) is 2.31. The van der Waals surface area contributed by atoms with Crippen LogP contribution in [0.15, 0.2) is 48.8 Å². The maximum atomic E-state index is 13.4. The Balaban J connectivity index is 1.49. The highest BCUT2D eigenvalue weighted by atomic mass is 19.1. The van der Waals surface area contributed by atoms with Gasteiger partial charge in [0, 0.05) is 61.6 Å². The van der Waals surface area contributed by atoms with Gasteiger partial charge in [0.1, 0.15) is 11.9 Å². The number of carboxylic acids is 1. The fourth-order valence-electron chi connectivity index (χ4n) is 3.73. The largest absolute Gasteiger partial charge is 0.480 e. The highest BCUT2D eigenvalue weighted by molar-refractivity contribution is 5.89. The van der Waals surface area contributed by atoms with Crippen molar-refractivity contribution in [1.29, 1.82) is 0 Å². The van der Waals surface area contributed by atoms with Crippen LogP contribution in [0.2, 0.25) is 0 Å². The number of H-pyrrole nitrogens is 1. The van der Waals surface area contributed by atoms with Crippen LogP contribution in [0.25, 0.3) is 10.9 Å². The fraction of sp³-hybridized carbons (Fsp3) is 0.300. The van der Waals surface area contributed by atoms with Crippen LogP contribution in [0.4, 0.5) is 4.39 Å². The minimum Gasteiger partial charge on any atom is -0.480 e. The lowest BCUT2D eigenvalue weighted by Gasteiger charge is -2.37. The van der Waals surface area contributed by atoms with Crippen LogP contribution >= 0.6 is 0 Å². The molecule has 0 radical (unpaired) electrons. The first-order chi connectivity index (χ1) is 13.1. The number of piperazine rings is 1. The summed E-state index contributed by atoms with van der Waals surface area (Å²) < 4.78 is 13.4. The van der Waals surface area contributed by atoms with Crippen LogP contribution < -0.4 is 0 Å². The summed E-state index contributed by atoms with van der Waals surface area (Å²) in [6, 6.07) is 9.51. The van der Waals surface area contributed by atoms with Gasteiger partial charge in [-0.05, 0) is 30.3 Å². The standard InChI is InChI=1S/C20H21FN4O2/c21-14-4-5-16-17(12-23-18(16)11-14)19(20(26)27)25-9-7-24(8-10-25)13-15-3-1-2-6-22-15/h1-6,11-12,19,23H,7-10,13H2,(H,26,27)/t19-/m0/s1. The van der Waals surface area contributed by atoms with Gasteiger partial charge in [0.2, 0.25) is 0 Å². The summed E-state index contributed by atoms with van der Waals surface area (Å²) in [6.45, 7) is 3.61. The highest BCUT2D eigenvalue weighted by Crippen LogP contribution is 2.30. The first-order valence-electron chi connectivity index (χ1n) is 8.97. The van der Waals surface area contributed by atoms with E-state index < -0.39 is 12.0 Å². The maximum Gasteiger partial charge on any atom is 0.325 e. The maximum absolute atomic E-state index is 13.4. The second-order valence-electron chi connectivity index (χ2n) is 6.81. The number of aromatic nitrogens is 2. The lowest BCUT2D eigenvalue weighted by Crippen LogP contribution is -2.48. The fourth-order valence-corrected chi connectivity index (χ4v) is 3.73. The molecular formula is C20H21FN4O2. The Morgan fingerprint density at radius 2 is 2.04 bits per heavy atom. The van der Waals surface area contributed by atoms with Crippen molar-refractivity contribution >= 4 is 16.9 Å². The highest BCUT2D eigenvalue weighted by Gasteiger charge is 2.32. The summed E-state index contributed by atoms with van der Waals surface area (Å²) in [5.74, 6) is -1.23. The molecule has 1 fully saturated rings. The van der Waals surface area contributed by atoms with E-state index in [1.54, 1.807) is 18.5 Å². The van der Waals surface area contributed by atoms with Crippen molar-refractivity contribution in [2.24, 2.45) is 0 Å². The number of fused-ring (bicyclic) bond motifs is 1. The molecule has 27 heavy (non-hydrogen) atoms. The third-order valence-electron chi connectivity index (χ3n) is 5.09. The van der Waals surface area contributed by atoms with Crippen LogP contribution in [0, 0.1) is 5.82 Å².